The smallest absolute Gasteiger partial charge is 0.462 e. The number of carbonyl (C=O) groups is 2. The molecule has 2 heterocycles. The van der Waals surface area contributed by atoms with E-state index in [1.807, 2.05) is 0 Å². The summed E-state index contributed by atoms with van der Waals surface area (Å²) in [7, 11) is -10.8. The fraction of sp³-hybridized carbons (Fsp3) is 0.867. The normalized spacial score (nSPS) is 19.9. The molecule has 1 aromatic heterocycles. The van der Waals surface area contributed by atoms with E-state index in [1.54, 1.807) is 0 Å². The van der Waals surface area contributed by atoms with E-state index in [9.17, 15) is 43.5 Å². The molecule has 0 bridgehead atoms. The Bertz CT molecular complexity index is 1620. The number of rotatable bonds is 39. The first kappa shape index (κ1) is 58.9. The number of anilines is 1. The van der Waals surface area contributed by atoms with Crippen molar-refractivity contribution in [1.29, 1.82) is 0 Å². The number of phosphoric acid groups is 2. The number of phosphoric ester groups is 2. The molecule has 1 saturated heterocycles. The molecule has 1 fully saturated rings. The highest BCUT2D eigenvalue weighted by atomic mass is 31.3. The zero-order chi connectivity index (χ0) is 48.1. The van der Waals surface area contributed by atoms with Gasteiger partial charge in [0.15, 0.2) is 12.3 Å². The Labute approximate surface area is 387 Å². The van der Waals surface area contributed by atoms with Crippen LogP contribution >= 0.6 is 15.6 Å². The molecule has 6 N–H and O–H groups in total. The minimum absolute atomic E-state index is 0.0541. The average Bonchev–Trinajstić information content (AvgIpc) is 3.51. The summed E-state index contributed by atoms with van der Waals surface area (Å²) >= 11 is 0. The van der Waals surface area contributed by atoms with Gasteiger partial charge in [0, 0.05) is 19.0 Å². The standard InChI is InChI=1S/C45H83N3O15P2/c1-35(2)26-22-18-14-10-8-6-5-7-9-11-16-20-24-28-40(49)58-32-37(61-41(50)29-25-21-17-13-12-15-19-23-27-36(3)4)33-59-64(54,55)63-65(56,57)60-34-38-42(51)43(52)44(62-38)48-31-30-39(46)47-45(48)53/h30-31,35-38,42-44,51-52H,5-29,32-34H2,1-4H3,(H,54,55)(H,56,57)(H2,46,47,53)/t37-,38-,42+,43?,44-/m1/s1. The Morgan fingerprint density at radius 1 is 0.692 bits per heavy atom. The molecule has 2 rings (SSSR count). The Kier molecular flexibility index (Phi) is 30.2. The van der Waals surface area contributed by atoms with Gasteiger partial charge in [-0.3, -0.25) is 23.2 Å². The second-order valence-corrected chi connectivity index (χ2v) is 21.3. The summed E-state index contributed by atoms with van der Waals surface area (Å²) in [4.78, 5) is 61.7. The molecule has 20 heteroatoms. The number of hydrogen-bond acceptors (Lipinski definition) is 15. The molecule has 0 amide bonds. The third-order valence-electron chi connectivity index (χ3n) is 11.3. The number of esters is 2. The number of nitrogens with two attached hydrogens (primary N) is 1. The van der Waals surface area contributed by atoms with Crippen LogP contribution in [0.3, 0.4) is 0 Å². The Morgan fingerprint density at radius 2 is 1.14 bits per heavy atom. The number of nitrogen functional groups attached to an aromatic ring is 1. The van der Waals surface area contributed by atoms with Crippen molar-refractivity contribution in [2.45, 2.75) is 219 Å². The van der Waals surface area contributed by atoms with Crippen LogP contribution in [0.25, 0.3) is 0 Å². The Hall–Kier alpha value is -2.24. The summed E-state index contributed by atoms with van der Waals surface area (Å²) in [6, 6.07) is 1.25. The molecular formula is C45H83N3O15P2. The van der Waals surface area contributed by atoms with E-state index in [2.05, 4.69) is 37.0 Å². The average molecular weight is 968 g/mol. The summed E-state index contributed by atoms with van der Waals surface area (Å²) in [6.07, 6.45) is 19.4. The molecule has 18 nitrogen and oxygen atoms in total. The van der Waals surface area contributed by atoms with Crippen molar-refractivity contribution in [1.82, 2.24) is 9.55 Å². The number of carbonyl (C=O) groups excluding carboxylic acids is 2. The lowest BCUT2D eigenvalue weighted by Gasteiger charge is -2.21. The number of aliphatic hydroxyl groups excluding tert-OH is 2. The number of aromatic nitrogens is 2. The minimum Gasteiger partial charge on any atom is -0.462 e. The fourth-order valence-corrected chi connectivity index (χ4v) is 9.62. The number of hydrogen-bond donors (Lipinski definition) is 5. The molecule has 0 aromatic carbocycles. The summed E-state index contributed by atoms with van der Waals surface area (Å²) in [5.74, 6) is 0.218. The van der Waals surface area contributed by atoms with E-state index in [4.69, 9.17) is 29.0 Å². The van der Waals surface area contributed by atoms with E-state index in [0.29, 0.717) is 18.8 Å². The summed E-state index contributed by atoms with van der Waals surface area (Å²) in [6.45, 7) is 6.72. The van der Waals surface area contributed by atoms with Crippen LogP contribution in [0.4, 0.5) is 5.82 Å². The van der Waals surface area contributed by atoms with E-state index in [-0.39, 0.29) is 18.7 Å². The van der Waals surface area contributed by atoms with Crippen molar-refractivity contribution in [2.24, 2.45) is 11.8 Å². The van der Waals surface area contributed by atoms with E-state index in [1.165, 1.54) is 95.7 Å². The topological polar surface area (TPSA) is 265 Å². The highest BCUT2D eigenvalue weighted by molar-refractivity contribution is 7.61. The minimum atomic E-state index is -5.41. The maximum absolute atomic E-state index is 12.8. The van der Waals surface area contributed by atoms with Crippen molar-refractivity contribution >= 4 is 33.4 Å². The lowest BCUT2D eigenvalue weighted by molar-refractivity contribution is -0.161. The summed E-state index contributed by atoms with van der Waals surface area (Å²) in [5.41, 5.74) is 4.58. The van der Waals surface area contributed by atoms with E-state index in [0.717, 1.165) is 61.9 Å². The van der Waals surface area contributed by atoms with Crippen molar-refractivity contribution in [3.05, 3.63) is 22.7 Å². The van der Waals surface area contributed by atoms with Crippen LogP contribution < -0.4 is 11.4 Å². The second-order valence-electron chi connectivity index (χ2n) is 18.3. The van der Waals surface area contributed by atoms with Crippen LogP contribution in [0.5, 0.6) is 0 Å². The van der Waals surface area contributed by atoms with Gasteiger partial charge in [-0.2, -0.15) is 9.29 Å². The molecule has 65 heavy (non-hydrogen) atoms. The largest absolute Gasteiger partial charge is 0.481 e. The van der Waals surface area contributed by atoms with Gasteiger partial charge in [-0.15, -0.1) is 0 Å². The first-order valence-corrected chi connectivity index (χ1v) is 27.3. The van der Waals surface area contributed by atoms with Gasteiger partial charge in [0.05, 0.1) is 13.2 Å². The van der Waals surface area contributed by atoms with Gasteiger partial charge in [-0.1, -0.05) is 163 Å². The van der Waals surface area contributed by atoms with Crippen molar-refractivity contribution in [3.8, 4) is 0 Å². The van der Waals surface area contributed by atoms with Gasteiger partial charge in [0.2, 0.25) is 0 Å². The quantitative estimate of drug-likeness (QED) is 0.0234. The third-order valence-corrected chi connectivity index (χ3v) is 13.9. The van der Waals surface area contributed by atoms with Crippen LogP contribution in [0.1, 0.15) is 194 Å². The van der Waals surface area contributed by atoms with Crippen LogP contribution in [0, 0.1) is 11.8 Å². The van der Waals surface area contributed by atoms with Crippen LogP contribution in [0.15, 0.2) is 17.1 Å². The zero-order valence-electron chi connectivity index (χ0n) is 39.6. The molecule has 0 aliphatic carbocycles. The first-order valence-electron chi connectivity index (χ1n) is 24.3. The highest BCUT2D eigenvalue weighted by Gasteiger charge is 2.46. The zero-order valence-corrected chi connectivity index (χ0v) is 41.4. The number of unbranched alkanes of at least 4 members (excludes halogenated alkanes) is 19. The maximum Gasteiger partial charge on any atom is 0.481 e. The lowest BCUT2D eigenvalue weighted by Crippen LogP contribution is -2.36. The molecule has 3 unspecified atom stereocenters. The third kappa shape index (κ3) is 28.0. The maximum atomic E-state index is 12.8. The Balaban J connectivity index is 1.80. The molecule has 1 aliphatic heterocycles. The Morgan fingerprint density at radius 3 is 1.62 bits per heavy atom. The van der Waals surface area contributed by atoms with Gasteiger partial charge >= 0.3 is 33.3 Å². The molecule has 0 radical (unpaired) electrons. The summed E-state index contributed by atoms with van der Waals surface area (Å²) < 4.78 is 56.7. The highest BCUT2D eigenvalue weighted by Crippen LogP contribution is 2.60. The second kappa shape index (κ2) is 33.3. The number of nitrogens with zero attached hydrogens (tertiary/aromatic N) is 2. The number of aliphatic hydroxyl groups is 2. The molecule has 1 aromatic rings. The monoisotopic (exact) mass is 968 g/mol. The van der Waals surface area contributed by atoms with Gasteiger partial charge in [-0.25, -0.2) is 13.9 Å². The predicted molar refractivity (Wildman–Crippen MR) is 247 cm³/mol. The van der Waals surface area contributed by atoms with E-state index < -0.39 is 83.7 Å². The van der Waals surface area contributed by atoms with Gasteiger partial charge in [0.25, 0.3) is 0 Å². The number of ether oxygens (including phenoxy) is 3. The lowest BCUT2D eigenvalue weighted by atomic mass is 10.0. The molecule has 1 aliphatic rings. The molecule has 7 atom stereocenters. The van der Waals surface area contributed by atoms with Crippen LogP contribution in [-0.2, 0) is 46.3 Å². The molecular weight excluding hydrogens is 884 g/mol. The molecule has 0 saturated carbocycles. The van der Waals surface area contributed by atoms with Gasteiger partial charge in [0.1, 0.15) is 30.7 Å². The first-order chi connectivity index (χ1) is 30.9. The SMILES string of the molecule is CC(C)CCCCCCCCCCCCCCCC(=O)OC[C@H](COP(=O)(O)OP(=O)(O)OC[C@H]1O[C@@H](n2ccc(N)nc2=O)C(O)[C@H]1O)OC(=O)CCCCCCCCCCC(C)C. The van der Waals surface area contributed by atoms with Crippen molar-refractivity contribution in [2.75, 3.05) is 25.6 Å². The van der Waals surface area contributed by atoms with Crippen LogP contribution in [-0.4, -0.2) is 85.7 Å². The van der Waals surface area contributed by atoms with Gasteiger partial charge < -0.3 is 39.9 Å². The predicted octanol–water partition coefficient (Wildman–Crippen LogP) is 9.21. The summed E-state index contributed by atoms with van der Waals surface area (Å²) in [5, 5.41) is 20.9. The van der Waals surface area contributed by atoms with Crippen molar-refractivity contribution < 1.29 is 66.3 Å². The van der Waals surface area contributed by atoms with Crippen LogP contribution in [0.2, 0.25) is 0 Å². The van der Waals surface area contributed by atoms with Gasteiger partial charge in [-0.05, 0) is 30.7 Å². The van der Waals surface area contributed by atoms with E-state index >= 15 is 0 Å². The molecule has 378 valence electrons. The molecule has 0 spiro atoms. The van der Waals surface area contributed by atoms with Crippen molar-refractivity contribution in [3.63, 3.8) is 0 Å². The fourth-order valence-electron chi connectivity index (χ4n) is 7.51.